The quantitative estimate of drug-likeness (QED) is 0.767. The molecule has 0 radical (unpaired) electrons. The van der Waals surface area contributed by atoms with Gasteiger partial charge in [-0.05, 0) is 55.8 Å². The van der Waals surface area contributed by atoms with Crippen LogP contribution in [0.15, 0.2) is 30.3 Å². The van der Waals surface area contributed by atoms with E-state index in [1.807, 2.05) is 28.0 Å². The van der Waals surface area contributed by atoms with Crippen LogP contribution in [0.1, 0.15) is 45.6 Å². The van der Waals surface area contributed by atoms with Crippen molar-refractivity contribution in [1.29, 1.82) is 0 Å². The molecule has 144 valence electrons. The Balaban J connectivity index is 1.36. The molecule has 0 aromatic heterocycles. The van der Waals surface area contributed by atoms with Crippen molar-refractivity contribution in [3.63, 3.8) is 0 Å². The van der Waals surface area contributed by atoms with Crippen molar-refractivity contribution < 1.29 is 4.79 Å². The highest BCUT2D eigenvalue weighted by Crippen LogP contribution is 2.34. The predicted octanol–water partition coefficient (Wildman–Crippen LogP) is 4.07. The van der Waals surface area contributed by atoms with Gasteiger partial charge in [0.25, 0.3) is 0 Å². The summed E-state index contributed by atoms with van der Waals surface area (Å²) >= 11 is 0. The average molecular weight is 358 g/mol. The number of hydrogen-bond donors (Lipinski definition) is 0. The molecule has 26 heavy (non-hydrogen) atoms. The third-order valence-electron chi connectivity index (χ3n) is 6.11. The number of hydrogen-bond acceptors (Lipinski definition) is 2. The lowest BCUT2D eigenvalue weighted by Crippen LogP contribution is -2.39. The fourth-order valence-electron chi connectivity index (χ4n) is 4.30. The molecular weight excluding hydrogens is 322 g/mol. The van der Waals surface area contributed by atoms with Crippen LogP contribution in [0, 0.1) is 11.3 Å². The minimum atomic E-state index is 0.209. The fraction of sp³-hybridized carbons (Fsp3) is 0.682. The second kappa shape index (κ2) is 8.43. The van der Waals surface area contributed by atoms with Crippen molar-refractivity contribution in [3.8, 4) is 0 Å². The van der Waals surface area contributed by atoms with Gasteiger partial charge in [0, 0.05) is 26.2 Å². The molecule has 3 rings (SSSR count). The van der Waals surface area contributed by atoms with E-state index in [0.717, 1.165) is 45.1 Å². The van der Waals surface area contributed by atoms with Gasteiger partial charge in [-0.25, -0.2) is 4.79 Å². The van der Waals surface area contributed by atoms with Crippen LogP contribution < -0.4 is 0 Å². The van der Waals surface area contributed by atoms with Gasteiger partial charge in [0.15, 0.2) is 0 Å². The zero-order valence-electron chi connectivity index (χ0n) is 16.8. The maximum absolute atomic E-state index is 12.6. The number of benzene rings is 1. The Bertz CT molecular complexity index is 573. The molecule has 0 unspecified atom stereocenters. The summed E-state index contributed by atoms with van der Waals surface area (Å²) < 4.78 is 0. The van der Waals surface area contributed by atoms with Gasteiger partial charge in [-0.15, -0.1) is 0 Å². The van der Waals surface area contributed by atoms with E-state index in [1.165, 1.54) is 31.5 Å². The lowest BCUT2D eigenvalue weighted by molar-refractivity contribution is 0.109. The van der Waals surface area contributed by atoms with Crippen molar-refractivity contribution in [2.75, 3.05) is 39.3 Å². The molecule has 2 amide bonds. The van der Waals surface area contributed by atoms with Crippen LogP contribution in [0.25, 0.3) is 0 Å². The van der Waals surface area contributed by atoms with Crippen LogP contribution in [0.2, 0.25) is 0 Å². The Kier molecular flexibility index (Phi) is 6.23. The van der Waals surface area contributed by atoms with Crippen molar-refractivity contribution in [1.82, 2.24) is 14.7 Å². The molecule has 0 saturated carbocycles. The third kappa shape index (κ3) is 5.00. The smallest absolute Gasteiger partial charge is 0.320 e. The first kappa shape index (κ1) is 19.2. The highest BCUT2D eigenvalue weighted by Gasteiger charge is 2.30. The average Bonchev–Trinajstić information content (AvgIpc) is 2.96. The van der Waals surface area contributed by atoms with Gasteiger partial charge in [-0.1, -0.05) is 51.1 Å². The largest absolute Gasteiger partial charge is 0.323 e. The number of piperidine rings is 1. The fourth-order valence-corrected chi connectivity index (χ4v) is 4.30. The van der Waals surface area contributed by atoms with E-state index in [0.29, 0.717) is 5.41 Å². The first-order valence-corrected chi connectivity index (χ1v) is 10.2. The third-order valence-corrected chi connectivity index (χ3v) is 6.11. The zero-order valence-corrected chi connectivity index (χ0v) is 16.8. The minimum absolute atomic E-state index is 0.209. The molecule has 0 bridgehead atoms. The number of rotatable bonds is 6. The Hall–Kier alpha value is -1.55. The van der Waals surface area contributed by atoms with E-state index in [-0.39, 0.29) is 6.03 Å². The van der Waals surface area contributed by atoms with Crippen LogP contribution in [-0.4, -0.2) is 60.0 Å². The van der Waals surface area contributed by atoms with Gasteiger partial charge in [-0.2, -0.15) is 0 Å². The summed E-state index contributed by atoms with van der Waals surface area (Å²) in [6, 6.07) is 10.5. The summed E-state index contributed by atoms with van der Waals surface area (Å²) in [5.74, 6) is 0.852. The van der Waals surface area contributed by atoms with E-state index >= 15 is 0 Å². The molecule has 4 nitrogen and oxygen atoms in total. The van der Waals surface area contributed by atoms with Crippen molar-refractivity contribution in [2.45, 2.75) is 46.6 Å². The molecule has 0 atom stereocenters. The van der Waals surface area contributed by atoms with E-state index in [9.17, 15) is 4.79 Å². The number of nitrogens with zero attached hydrogens (tertiary/aromatic N) is 3. The van der Waals surface area contributed by atoms with Gasteiger partial charge in [0.05, 0.1) is 0 Å². The Labute approximate surface area is 159 Å². The number of amides is 2. The molecule has 2 aliphatic rings. The monoisotopic (exact) mass is 357 g/mol. The summed E-state index contributed by atoms with van der Waals surface area (Å²) in [4.78, 5) is 19.2. The summed E-state index contributed by atoms with van der Waals surface area (Å²) in [7, 11) is 0. The topological polar surface area (TPSA) is 26.8 Å². The van der Waals surface area contributed by atoms with Gasteiger partial charge >= 0.3 is 6.03 Å². The first-order chi connectivity index (χ1) is 12.4. The van der Waals surface area contributed by atoms with Crippen LogP contribution in [0.5, 0.6) is 0 Å². The van der Waals surface area contributed by atoms with E-state index in [4.69, 9.17) is 0 Å². The lowest BCUT2D eigenvalue weighted by atomic mass is 9.75. The van der Waals surface area contributed by atoms with E-state index < -0.39 is 0 Å². The molecule has 0 spiro atoms. The Morgan fingerprint density at radius 2 is 1.58 bits per heavy atom. The van der Waals surface area contributed by atoms with Crippen LogP contribution in [0.3, 0.4) is 0 Å². The van der Waals surface area contributed by atoms with Crippen LogP contribution in [0.4, 0.5) is 4.79 Å². The molecule has 1 aromatic carbocycles. The summed E-state index contributed by atoms with van der Waals surface area (Å²) in [5.41, 5.74) is 1.65. The molecule has 2 fully saturated rings. The molecule has 4 heteroatoms. The van der Waals surface area contributed by atoms with Crippen LogP contribution >= 0.6 is 0 Å². The number of carbonyl (C=O) groups excluding carboxylic acids is 1. The predicted molar refractivity (Wildman–Crippen MR) is 107 cm³/mol. The SMILES string of the molecule is CC(C)(C)C1CCN(CCCN2CCN(Cc3ccccc3)C2=O)CC1. The van der Waals surface area contributed by atoms with E-state index in [1.54, 1.807) is 0 Å². The second-order valence-electron chi connectivity index (χ2n) is 9.01. The molecule has 2 aliphatic heterocycles. The highest BCUT2D eigenvalue weighted by atomic mass is 16.2. The first-order valence-electron chi connectivity index (χ1n) is 10.2. The molecule has 2 heterocycles. The van der Waals surface area contributed by atoms with Gasteiger partial charge in [0.1, 0.15) is 0 Å². The molecular formula is C22H35N3O. The molecule has 2 saturated heterocycles. The number of carbonyl (C=O) groups is 1. The zero-order chi connectivity index (χ0) is 18.6. The van der Waals surface area contributed by atoms with Gasteiger partial charge in [0.2, 0.25) is 0 Å². The normalized spacial score (nSPS) is 20.2. The maximum atomic E-state index is 12.6. The highest BCUT2D eigenvalue weighted by molar-refractivity contribution is 5.76. The second-order valence-corrected chi connectivity index (χ2v) is 9.01. The summed E-state index contributed by atoms with van der Waals surface area (Å²) in [6.45, 7) is 14.0. The van der Waals surface area contributed by atoms with Crippen molar-refractivity contribution in [2.24, 2.45) is 11.3 Å². The minimum Gasteiger partial charge on any atom is -0.323 e. The summed E-state index contributed by atoms with van der Waals surface area (Å²) in [5, 5.41) is 0. The summed E-state index contributed by atoms with van der Waals surface area (Å²) in [6.07, 6.45) is 3.72. The molecule has 0 aliphatic carbocycles. The Morgan fingerprint density at radius 1 is 0.923 bits per heavy atom. The maximum Gasteiger partial charge on any atom is 0.320 e. The van der Waals surface area contributed by atoms with Crippen molar-refractivity contribution >= 4 is 6.03 Å². The number of urea groups is 1. The standard InChI is InChI=1S/C22H35N3O/c1-22(2,3)20-10-14-23(15-11-20)12-7-13-24-16-17-25(21(24)26)18-19-8-5-4-6-9-19/h4-6,8-9,20H,7,10-18H2,1-3H3. The van der Waals surface area contributed by atoms with E-state index in [2.05, 4.69) is 37.8 Å². The van der Waals surface area contributed by atoms with Crippen molar-refractivity contribution in [3.05, 3.63) is 35.9 Å². The molecule has 1 aromatic rings. The van der Waals surface area contributed by atoms with Gasteiger partial charge in [-0.3, -0.25) is 0 Å². The van der Waals surface area contributed by atoms with Crippen LogP contribution in [-0.2, 0) is 6.54 Å². The number of likely N-dealkylation sites (tertiary alicyclic amines) is 1. The van der Waals surface area contributed by atoms with Gasteiger partial charge < -0.3 is 14.7 Å². The molecule has 0 N–H and O–H groups in total. The Morgan fingerprint density at radius 3 is 2.23 bits per heavy atom. The lowest BCUT2D eigenvalue weighted by Gasteiger charge is -2.38.